The van der Waals surface area contributed by atoms with Gasteiger partial charge in [-0.3, -0.25) is 10.1 Å². The Morgan fingerprint density at radius 1 is 1.11 bits per heavy atom. The number of non-ortho nitro benzene ring substituents is 1. The first-order valence-corrected chi connectivity index (χ1v) is 7.11. The summed E-state index contributed by atoms with van der Waals surface area (Å²) in [5.41, 5.74) is 0.137. The molecule has 1 aromatic carbocycles. The first kappa shape index (κ1) is 20.8. The van der Waals surface area contributed by atoms with Crippen molar-refractivity contribution < 1.29 is 4.92 Å². The molecule has 6 heteroatoms. The van der Waals surface area contributed by atoms with E-state index in [1.54, 1.807) is 18.2 Å². The zero-order chi connectivity index (χ0) is 15.3. The largest absolute Gasteiger partial charge is 0.269 e. The quantitative estimate of drug-likeness (QED) is 0.378. The second-order valence-corrected chi connectivity index (χ2v) is 6.58. The van der Waals surface area contributed by atoms with Gasteiger partial charge in [0.1, 0.15) is 0 Å². The summed E-state index contributed by atoms with van der Waals surface area (Å²) in [6, 6.07) is 7.93. The second-order valence-electron chi connectivity index (χ2n) is 3.73. The number of para-hydroxylation sites is 1. The number of hydrogen-bond acceptors (Lipinski definition) is 2. The van der Waals surface area contributed by atoms with Crippen LogP contribution in [0.2, 0.25) is 0 Å². The van der Waals surface area contributed by atoms with Gasteiger partial charge in [0.25, 0.3) is 5.69 Å². The molecule has 0 aliphatic rings. The Balaban J connectivity index is 0. The number of benzene rings is 1. The molecular formula is C13H20Cl3NO2. The van der Waals surface area contributed by atoms with Crippen LogP contribution in [0.1, 0.15) is 40.0 Å². The average molecular weight is 329 g/mol. The second kappa shape index (κ2) is 12.5. The monoisotopic (exact) mass is 327 g/mol. The number of hydrogen-bond donors (Lipinski definition) is 0. The highest BCUT2D eigenvalue weighted by molar-refractivity contribution is 6.67. The van der Waals surface area contributed by atoms with Crippen molar-refractivity contribution in [1.29, 1.82) is 0 Å². The fraction of sp³-hybridized carbons (Fsp3) is 0.538. The molecule has 0 fully saturated rings. The lowest BCUT2D eigenvalue weighted by Crippen LogP contribution is -1.87. The maximum Gasteiger partial charge on any atom is 0.269 e. The zero-order valence-corrected chi connectivity index (χ0v) is 13.7. The topological polar surface area (TPSA) is 43.1 Å². The lowest BCUT2D eigenvalue weighted by molar-refractivity contribution is -0.384. The number of nitro groups is 1. The Hall–Kier alpha value is -0.510. The first-order chi connectivity index (χ1) is 8.72. The molecule has 1 aromatic rings. The summed E-state index contributed by atoms with van der Waals surface area (Å²) < 4.78 is -1.08. The van der Waals surface area contributed by atoms with Crippen LogP contribution >= 0.6 is 34.8 Å². The fourth-order valence-electron chi connectivity index (χ4n) is 0.903. The maximum absolute atomic E-state index is 10.0. The third-order valence-corrected chi connectivity index (χ3v) is 1.67. The van der Waals surface area contributed by atoms with Crippen molar-refractivity contribution in [1.82, 2.24) is 0 Å². The highest BCUT2D eigenvalue weighted by atomic mass is 35.6. The number of nitro benzene ring substituents is 1. The van der Waals surface area contributed by atoms with E-state index in [2.05, 4.69) is 13.8 Å². The van der Waals surface area contributed by atoms with Crippen molar-refractivity contribution in [2.45, 2.75) is 43.8 Å². The van der Waals surface area contributed by atoms with Crippen LogP contribution in [-0.4, -0.2) is 8.72 Å². The van der Waals surface area contributed by atoms with E-state index in [-0.39, 0.29) is 5.69 Å². The van der Waals surface area contributed by atoms with E-state index < -0.39 is 8.72 Å². The van der Waals surface area contributed by atoms with E-state index in [4.69, 9.17) is 34.8 Å². The normalized spacial score (nSPS) is 9.58. The average Bonchev–Trinajstić information content (AvgIpc) is 2.30. The number of unbranched alkanes of at least 4 members (excludes halogenated alkanes) is 2. The first-order valence-electron chi connectivity index (χ1n) is 5.98. The highest BCUT2D eigenvalue weighted by Gasteiger charge is 2.07. The summed E-state index contributed by atoms with van der Waals surface area (Å²) in [7, 11) is 0. The van der Waals surface area contributed by atoms with Crippen molar-refractivity contribution in [2.75, 3.05) is 0 Å². The molecule has 0 amide bonds. The molecule has 1 rings (SSSR count). The number of alkyl halides is 3. The van der Waals surface area contributed by atoms with Crippen LogP contribution in [0, 0.1) is 10.1 Å². The van der Waals surface area contributed by atoms with Crippen molar-refractivity contribution in [3.8, 4) is 0 Å². The molecular weight excluding hydrogens is 309 g/mol. The van der Waals surface area contributed by atoms with E-state index in [1.165, 1.54) is 38.3 Å². The van der Waals surface area contributed by atoms with Gasteiger partial charge >= 0.3 is 0 Å². The Kier molecular flexibility index (Phi) is 13.7. The molecule has 3 nitrogen and oxygen atoms in total. The predicted molar refractivity (Wildman–Crippen MR) is 84.3 cm³/mol. The molecule has 0 N–H and O–H groups in total. The van der Waals surface area contributed by atoms with Gasteiger partial charge in [-0.2, -0.15) is 0 Å². The molecule has 110 valence electrons. The Bertz CT molecular complexity index is 318. The molecule has 0 radical (unpaired) electrons. The summed E-state index contributed by atoms with van der Waals surface area (Å²) in [6.07, 6.45) is 4.08. The van der Waals surface area contributed by atoms with Crippen LogP contribution in [0.3, 0.4) is 0 Å². The predicted octanol–water partition coefficient (Wildman–Crippen LogP) is 6.17. The van der Waals surface area contributed by atoms with Gasteiger partial charge in [0, 0.05) is 12.1 Å². The Labute approximate surface area is 130 Å². The third kappa shape index (κ3) is 23.1. The minimum atomic E-state index is -1.08. The molecule has 19 heavy (non-hydrogen) atoms. The lowest BCUT2D eigenvalue weighted by Gasteiger charge is -1.94. The smallest absolute Gasteiger partial charge is 0.258 e. The molecule has 0 atom stereocenters. The molecule has 0 aliphatic carbocycles. The Morgan fingerprint density at radius 2 is 1.47 bits per heavy atom. The van der Waals surface area contributed by atoms with E-state index in [9.17, 15) is 10.1 Å². The van der Waals surface area contributed by atoms with Crippen molar-refractivity contribution in [3.05, 3.63) is 40.4 Å². The molecule has 0 heterocycles. The van der Waals surface area contributed by atoms with Crippen molar-refractivity contribution >= 4 is 40.5 Å². The van der Waals surface area contributed by atoms with E-state index in [0.29, 0.717) is 0 Å². The van der Waals surface area contributed by atoms with Gasteiger partial charge in [0.05, 0.1) is 4.92 Å². The fourth-order valence-corrected chi connectivity index (χ4v) is 0.903. The van der Waals surface area contributed by atoms with Crippen LogP contribution < -0.4 is 0 Å². The highest BCUT2D eigenvalue weighted by Crippen LogP contribution is 2.23. The standard InChI is InChI=1S/C6H5NO2.C5H12.C2H3Cl3/c8-7(9)6-4-2-1-3-5-6;1-3-5-4-2;1-2(3,4)5/h1-5H;3-5H2,1-2H3;1H3. The van der Waals surface area contributed by atoms with Gasteiger partial charge in [-0.1, -0.05) is 86.1 Å². The number of rotatable bonds is 3. The lowest BCUT2D eigenvalue weighted by atomic mass is 10.3. The van der Waals surface area contributed by atoms with Gasteiger partial charge in [0.15, 0.2) is 3.79 Å². The summed E-state index contributed by atoms with van der Waals surface area (Å²) in [5, 5.41) is 10.0. The number of halogens is 3. The molecule has 0 aliphatic heterocycles. The number of nitrogens with zero attached hydrogens (tertiary/aromatic N) is 1. The van der Waals surface area contributed by atoms with Crippen molar-refractivity contribution in [3.63, 3.8) is 0 Å². The molecule has 0 saturated carbocycles. The van der Waals surface area contributed by atoms with Crippen LogP contribution in [-0.2, 0) is 0 Å². The molecule has 0 spiro atoms. The summed E-state index contributed by atoms with van der Waals surface area (Å²) in [4.78, 5) is 9.59. The zero-order valence-electron chi connectivity index (χ0n) is 11.4. The van der Waals surface area contributed by atoms with Gasteiger partial charge in [-0.15, -0.1) is 0 Å². The maximum atomic E-state index is 10.0. The van der Waals surface area contributed by atoms with Crippen LogP contribution in [0.25, 0.3) is 0 Å². The summed E-state index contributed by atoms with van der Waals surface area (Å²) in [5.74, 6) is 0. The minimum Gasteiger partial charge on any atom is -0.258 e. The van der Waals surface area contributed by atoms with Crippen LogP contribution in [0.4, 0.5) is 5.69 Å². The van der Waals surface area contributed by atoms with Gasteiger partial charge in [-0.25, -0.2) is 0 Å². The van der Waals surface area contributed by atoms with Crippen LogP contribution in [0.15, 0.2) is 30.3 Å². The Morgan fingerprint density at radius 3 is 1.63 bits per heavy atom. The van der Waals surface area contributed by atoms with Gasteiger partial charge in [0.2, 0.25) is 0 Å². The van der Waals surface area contributed by atoms with E-state index in [0.717, 1.165) is 0 Å². The van der Waals surface area contributed by atoms with Crippen LogP contribution in [0.5, 0.6) is 0 Å². The molecule has 0 bridgehead atoms. The third-order valence-electron chi connectivity index (χ3n) is 1.67. The van der Waals surface area contributed by atoms with Gasteiger partial charge < -0.3 is 0 Å². The summed E-state index contributed by atoms with van der Waals surface area (Å²) in [6.45, 7) is 5.91. The van der Waals surface area contributed by atoms with E-state index >= 15 is 0 Å². The molecule has 0 aromatic heterocycles. The molecule has 0 unspecified atom stereocenters. The summed E-state index contributed by atoms with van der Waals surface area (Å²) >= 11 is 15.2. The van der Waals surface area contributed by atoms with Crippen molar-refractivity contribution in [2.24, 2.45) is 0 Å². The van der Waals surface area contributed by atoms with Gasteiger partial charge in [-0.05, 0) is 6.92 Å². The van der Waals surface area contributed by atoms with E-state index in [1.807, 2.05) is 0 Å². The SMILES string of the molecule is CC(Cl)(Cl)Cl.CCCCC.O=[N+]([O-])c1ccccc1. The minimum absolute atomic E-state index is 0.137. The molecule has 0 saturated heterocycles.